The number of ether oxygens (including phenoxy) is 1. The Bertz CT molecular complexity index is 1410. The fourth-order valence-corrected chi connectivity index (χ4v) is 5.50. The summed E-state index contributed by atoms with van der Waals surface area (Å²) >= 11 is 0. The van der Waals surface area contributed by atoms with Crippen LogP contribution in [0.4, 0.5) is 8.78 Å². The predicted molar refractivity (Wildman–Crippen MR) is 131 cm³/mol. The highest BCUT2D eigenvalue weighted by molar-refractivity contribution is 5.97. The maximum Gasteiger partial charge on any atom is 0.311 e. The smallest absolute Gasteiger partial charge is 0.311 e. The number of hydrogen-bond donors (Lipinski definition) is 0. The molecule has 1 aromatic heterocycles. The first-order valence-corrected chi connectivity index (χ1v) is 12.4. The van der Waals surface area contributed by atoms with Gasteiger partial charge in [0.25, 0.3) is 5.91 Å². The number of halogens is 2. The Morgan fingerprint density at radius 1 is 1.11 bits per heavy atom. The second kappa shape index (κ2) is 9.88. The van der Waals surface area contributed by atoms with E-state index >= 15 is 4.39 Å². The molecule has 2 aromatic carbocycles. The van der Waals surface area contributed by atoms with Crippen LogP contribution in [0.25, 0.3) is 0 Å². The lowest BCUT2D eigenvalue weighted by atomic mass is 9.79. The molecule has 3 atom stereocenters. The van der Waals surface area contributed by atoms with Crippen LogP contribution < -0.4 is 10.2 Å². The quantitative estimate of drug-likeness (QED) is 0.460. The van der Waals surface area contributed by atoms with Crippen molar-refractivity contribution in [1.29, 1.82) is 0 Å². The van der Waals surface area contributed by atoms with E-state index in [1.54, 1.807) is 17.0 Å². The average molecular weight is 508 g/mol. The molecular formula is C28H27F2N3O4. The third kappa shape index (κ3) is 4.43. The van der Waals surface area contributed by atoms with Crippen LogP contribution in [0.1, 0.15) is 66.7 Å². The summed E-state index contributed by atoms with van der Waals surface area (Å²) in [7, 11) is 0. The molecule has 37 heavy (non-hydrogen) atoms. The third-order valence-corrected chi connectivity index (χ3v) is 7.01. The van der Waals surface area contributed by atoms with Gasteiger partial charge in [0.05, 0.1) is 18.3 Å². The van der Waals surface area contributed by atoms with Gasteiger partial charge in [0.15, 0.2) is 17.3 Å². The summed E-state index contributed by atoms with van der Waals surface area (Å²) < 4.78 is 36.6. The van der Waals surface area contributed by atoms with Gasteiger partial charge in [0, 0.05) is 24.4 Å². The maximum absolute atomic E-state index is 15.3. The molecule has 0 N–H and O–H groups in total. The van der Waals surface area contributed by atoms with Crippen molar-refractivity contribution in [3.8, 4) is 5.75 Å². The number of fused-ring (bicyclic) bond motifs is 2. The molecule has 1 amide bonds. The van der Waals surface area contributed by atoms with Crippen molar-refractivity contribution in [2.45, 2.75) is 51.1 Å². The summed E-state index contributed by atoms with van der Waals surface area (Å²) in [5.74, 6) is -4.21. The Labute approximate surface area is 212 Å². The number of rotatable bonds is 6. The lowest BCUT2D eigenvalue weighted by Gasteiger charge is -2.42. The molecule has 1 saturated heterocycles. The molecule has 9 heteroatoms. The van der Waals surface area contributed by atoms with Crippen LogP contribution >= 0.6 is 0 Å². The normalized spacial score (nSPS) is 19.5. The third-order valence-electron chi connectivity index (χ3n) is 7.01. The van der Waals surface area contributed by atoms with Crippen molar-refractivity contribution >= 4 is 11.9 Å². The van der Waals surface area contributed by atoms with Gasteiger partial charge in [-0.3, -0.25) is 14.4 Å². The minimum atomic E-state index is -0.982. The SMILES string of the molecule is CC(C)CC(=O)Oc1c2n(ncc1=O)[C@@H](C(c1ccccc1)c1cccc(F)c1F)[C@H]1CCCN1C2=O. The Hall–Kier alpha value is -3.88. The molecule has 1 fully saturated rings. The molecule has 2 aliphatic rings. The molecule has 0 saturated carbocycles. The van der Waals surface area contributed by atoms with E-state index in [1.807, 2.05) is 32.0 Å². The van der Waals surface area contributed by atoms with Gasteiger partial charge in [0.1, 0.15) is 0 Å². The van der Waals surface area contributed by atoms with Crippen LogP contribution in [0.2, 0.25) is 0 Å². The zero-order valence-electron chi connectivity index (χ0n) is 20.6. The number of nitrogens with zero attached hydrogens (tertiary/aromatic N) is 3. The number of hydrogen-bond acceptors (Lipinski definition) is 5. The average Bonchev–Trinajstić information content (AvgIpc) is 3.36. The Balaban J connectivity index is 1.74. The number of benzene rings is 2. The highest BCUT2D eigenvalue weighted by atomic mass is 19.2. The molecule has 0 radical (unpaired) electrons. The number of carbonyl (C=O) groups excluding carboxylic acids is 2. The number of aromatic nitrogens is 2. The van der Waals surface area contributed by atoms with Gasteiger partial charge in [-0.25, -0.2) is 13.5 Å². The minimum Gasteiger partial charge on any atom is -0.420 e. The summed E-state index contributed by atoms with van der Waals surface area (Å²) in [6.45, 7) is 4.10. The molecule has 0 aliphatic carbocycles. The van der Waals surface area contributed by atoms with Crippen molar-refractivity contribution in [2.24, 2.45) is 5.92 Å². The van der Waals surface area contributed by atoms with Gasteiger partial charge in [-0.05, 0) is 30.4 Å². The lowest BCUT2D eigenvalue weighted by molar-refractivity contribution is -0.135. The molecule has 3 aromatic rings. The van der Waals surface area contributed by atoms with E-state index in [9.17, 15) is 18.8 Å². The fraction of sp³-hybridized carbons (Fsp3) is 0.357. The number of carbonyl (C=O) groups is 2. The molecule has 5 rings (SSSR count). The van der Waals surface area contributed by atoms with E-state index in [0.717, 1.165) is 12.3 Å². The van der Waals surface area contributed by atoms with E-state index in [1.165, 1.54) is 16.8 Å². The highest BCUT2D eigenvalue weighted by Crippen LogP contribution is 2.46. The van der Waals surface area contributed by atoms with Crippen LogP contribution in [0.3, 0.4) is 0 Å². The van der Waals surface area contributed by atoms with Crippen molar-refractivity contribution in [2.75, 3.05) is 6.54 Å². The Kier molecular flexibility index (Phi) is 6.62. The van der Waals surface area contributed by atoms with Gasteiger partial charge in [-0.1, -0.05) is 56.3 Å². The van der Waals surface area contributed by atoms with Gasteiger partial charge < -0.3 is 9.64 Å². The standard InChI is InChI=1S/C28H27F2N3O4/c1-16(2)14-22(35)37-27-21(34)15-31-33-25(20-12-7-13-32(20)28(36)26(27)33)23(17-8-4-3-5-9-17)18-10-6-11-19(29)24(18)30/h3-6,8-11,15-16,20,23,25H,7,12-14H2,1-2H3/t20-,23?,25-/m1/s1. The number of amides is 1. The van der Waals surface area contributed by atoms with Crippen LogP contribution in [-0.4, -0.2) is 39.1 Å². The van der Waals surface area contributed by atoms with Crippen molar-refractivity contribution in [3.63, 3.8) is 0 Å². The monoisotopic (exact) mass is 507 g/mol. The molecule has 0 spiro atoms. The second-order valence-electron chi connectivity index (χ2n) is 9.93. The van der Waals surface area contributed by atoms with Crippen LogP contribution in [0.5, 0.6) is 5.75 Å². The lowest BCUT2D eigenvalue weighted by Crippen LogP contribution is -2.51. The van der Waals surface area contributed by atoms with Crippen molar-refractivity contribution < 1.29 is 23.1 Å². The van der Waals surface area contributed by atoms with E-state index in [-0.39, 0.29) is 35.4 Å². The summed E-state index contributed by atoms with van der Waals surface area (Å²) in [6, 6.07) is 12.0. The first-order chi connectivity index (χ1) is 17.8. The van der Waals surface area contributed by atoms with E-state index < -0.39 is 40.9 Å². The van der Waals surface area contributed by atoms with Crippen LogP contribution in [-0.2, 0) is 4.79 Å². The first-order valence-electron chi connectivity index (χ1n) is 12.4. The molecular weight excluding hydrogens is 480 g/mol. The van der Waals surface area contributed by atoms with Gasteiger partial charge in [0.2, 0.25) is 11.2 Å². The van der Waals surface area contributed by atoms with Crippen LogP contribution in [0.15, 0.2) is 59.5 Å². The first kappa shape index (κ1) is 24.8. The van der Waals surface area contributed by atoms with Crippen LogP contribution in [0, 0.1) is 17.6 Å². The van der Waals surface area contributed by atoms with E-state index in [2.05, 4.69) is 5.10 Å². The summed E-state index contributed by atoms with van der Waals surface area (Å²) in [5.41, 5.74) is -0.0306. The fourth-order valence-electron chi connectivity index (χ4n) is 5.50. The molecule has 192 valence electrons. The summed E-state index contributed by atoms with van der Waals surface area (Å²) in [4.78, 5) is 40.6. The zero-order valence-corrected chi connectivity index (χ0v) is 20.6. The summed E-state index contributed by atoms with van der Waals surface area (Å²) in [5, 5.41) is 4.31. The Morgan fingerprint density at radius 3 is 2.59 bits per heavy atom. The van der Waals surface area contributed by atoms with Crippen molar-refractivity contribution in [1.82, 2.24) is 14.7 Å². The maximum atomic E-state index is 15.3. The van der Waals surface area contributed by atoms with Gasteiger partial charge in [-0.15, -0.1) is 0 Å². The molecule has 1 unspecified atom stereocenters. The largest absolute Gasteiger partial charge is 0.420 e. The van der Waals surface area contributed by atoms with E-state index in [4.69, 9.17) is 4.74 Å². The molecule has 7 nitrogen and oxygen atoms in total. The summed E-state index contributed by atoms with van der Waals surface area (Å²) in [6.07, 6.45) is 2.39. The Morgan fingerprint density at radius 2 is 1.86 bits per heavy atom. The molecule has 3 heterocycles. The molecule has 2 aliphatic heterocycles. The predicted octanol–water partition coefficient (Wildman–Crippen LogP) is 4.46. The van der Waals surface area contributed by atoms with Gasteiger partial charge >= 0.3 is 5.97 Å². The topological polar surface area (TPSA) is 81.5 Å². The van der Waals surface area contributed by atoms with E-state index in [0.29, 0.717) is 24.9 Å². The highest BCUT2D eigenvalue weighted by Gasteiger charge is 2.49. The van der Waals surface area contributed by atoms with Gasteiger partial charge in [-0.2, -0.15) is 5.10 Å². The van der Waals surface area contributed by atoms with Crippen molar-refractivity contribution in [3.05, 3.63) is 93.4 Å². The molecule has 0 bridgehead atoms. The second-order valence-corrected chi connectivity index (χ2v) is 9.93. The zero-order chi connectivity index (χ0) is 26.3. The number of esters is 1. The minimum absolute atomic E-state index is 0.0160.